The number of benzene rings is 1. The van der Waals surface area contributed by atoms with E-state index in [1.807, 2.05) is 0 Å². The van der Waals surface area contributed by atoms with Crippen molar-refractivity contribution in [1.29, 1.82) is 0 Å². The average molecular weight is 341 g/mol. The van der Waals surface area contributed by atoms with Gasteiger partial charge in [0.1, 0.15) is 0 Å². The molecule has 0 radical (unpaired) electrons. The molecule has 0 spiro atoms. The summed E-state index contributed by atoms with van der Waals surface area (Å²) in [5, 5.41) is 8.92. The van der Waals surface area contributed by atoms with Crippen molar-refractivity contribution in [3.8, 4) is 0 Å². The van der Waals surface area contributed by atoms with E-state index in [4.69, 9.17) is 5.11 Å². The molecule has 2 aromatic rings. The molecule has 0 saturated carbocycles. The molecule has 0 saturated heterocycles. The summed E-state index contributed by atoms with van der Waals surface area (Å²) < 4.78 is 29.0. The molecule has 23 heavy (non-hydrogen) atoms. The van der Waals surface area contributed by atoms with E-state index in [-0.39, 0.29) is 17.1 Å². The molecule has 0 fully saturated rings. The average Bonchev–Trinajstić information content (AvgIpc) is 2.71. The number of carboxylic acids is 1. The Balaban J connectivity index is 2.48. The van der Waals surface area contributed by atoms with Crippen LogP contribution in [0.4, 0.5) is 0 Å². The van der Waals surface area contributed by atoms with Crippen molar-refractivity contribution in [3.63, 3.8) is 0 Å². The third-order valence-electron chi connectivity index (χ3n) is 3.90. The SMILES string of the molecule is CC(CN(C)S(=O)(=O)c1ccc2c(c1)n(C)c(=O)n2C)C(=O)O. The molecule has 0 bridgehead atoms. The first kappa shape index (κ1) is 17.2. The van der Waals surface area contributed by atoms with E-state index in [0.29, 0.717) is 11.0 Å². The second-order valence-electron chi connectivity index (χ2n) is 5.58. The predicted octanol–water partition coefficient (Wildman–Crippen LogP) is 0.218. The number of fused-ring (bicyclic) bond motifs is 1. The first-order valence-corrected chi connectivity index (χ1v) is 8.36. The fourth-order valence-electron chi connectivity index (χ4n) is 2.39. The first-order chi connectivity index (χ1) is 10.6. The van der Waals surface area contributed by atoms with Crippen LogP contribution in [-0.2, 0) is 28.9 Å². The van der Waals surface area contributed by atoms with Crippen molar-refractivity contribution >= 4 is 27.0 Å². The van der Waals surface area contributed by atoms with Crippen LogP contribution in [-0.4, -0.2) is 46.5 Å². The lowest BCUT2D eigenvalue weighted by molar-refractivity contribution is -0.141. The van der Waals surface area contributed by atoms with Crippen LogP contribution in [0.2, 0.25) is 0 Å². The molecular formula is C14H19N3O5S. The highest BCUT2D eigenvalue weighted by atomic mass is 32.2. The van der Waals surface area contributed by atoms with E-state index < -0.39 is 21.9 Å². The largest absolute Gasteiger partial charge is 0.481 e. The molecule has 1 N–H and O–H groups in total. The van der Waals surface area contributed by atoms with E-state index in [2.05, 4.69) is 0 Å². The van der Waals surface area contributed by atoms with Crippen molar-refractivity contribution in [3.05, 3.63) is 28.7 Å². The Morgan fingerprint density at radius 2 is 1.83 bits per heavy atom. The number of hydrogen-bond acceptors (Lipinski definition) is 4. The van der Waals surface area contributed by atoms with Gasteiger partial charge >= 0.3 is 11.7 Å². The quantitative estimate of drug-likeness (QED) is 0.838. The molecule has 0 aliphatic rings. The van der Waals surface area contributed by atoms with Gasteiger partial charge in [-0.25, -0.2) is 17.5 Å². The van der Waals surface area contributed by atoms with Gasteiger partial charge in [0.05, 0.1) is 21.8 Å². The first-order valence-electron chi connectivity index (χ1n) is 6.92. The Morgan fingerprint density at radius 3 is 2.39 bits per heavy atom. The van der Waals surface area contributed by atoms with E-state index in [0.717, 1.165) is 4.31 Å². The Morgan fingerprint density at radius 1 is 1.26 bits per heavy atom. The molecule has 1 aromatic carbocycles. The second-order valence-corrected chi connectivity index (χ2v) is 7.62. The fourth-order valence-corrected chi connectivity index (χ4v) is 3.67. The molecular weight excluding hydrogens is 322 g/mol. The van der Waals surface area contributed by atoms with E-state index in [9.17, 15) is 18.0 Å². The highest BCUT2D eigenvalue weighted by molar-refractivity contribution is 7.89. The van der Waals surface area contributed by atoms with Gasteiger partial charge in [-0.2, -0.15) is 0 Å². The third-order valence-corrected chi connectivity index (χ3v) is 5.72. The van der Waals surface area contributed by atoms with Gasteiger partial charge in [-0.05, 0) is 18.2 Å². The van der Waals surface area contributed by atoms with Gasteiger partial charge in [0, 0.05) is 27.7 Å². The number of hydrogen-bond donors (Lipinski definition) is 1. The van der Waals surface area contributed by atoms with Crippen LogP contribution < -0.4 is 5.69 Å². The molecule has 8 nitrogen and oxygen atoms in total. The lowest BCUT2D eigenvalue weighted by Gasteiger charge is -2.19. The Kier molecular flexibility index (Phi) is 4.36. The standard InChI is InChI=1S/C14H19N3O5S/c1-9(13(18)19)8-15(2)23(21,22)10-5-6-11-12(7-10)17(4)14(20)16(11)3/h5-7,9H,8H2,1-4H3,(H,18,19). The molecule has 0 aliphatic heterocycles. The summed E-state index contributed by atoms with van der Waals surface area (Å²) in [5.74, 6) is -1.88. The minimum absolute atomic E-state index is 0.0197. The Bertz CT molecular complexity index is 926. The van der Waals surface area contributed by atoms with Crippen molar-refractivity contribution in [2.24, 2.45) is 20.0 Å². The summed E-state index contributed by atoms with van der Waals surface area (Å²) in [6.45, 7) is 1.31. The van der Waals surface area contributed by atoms with Crippen LogP contribution in [0.25, 0.3) is 11.0 Å². The highest BCUT2D eigenvalue weighted by Gasteiger charge is 2.25. The minimum Gasteiger partial charge on any atom is -0.481 e. The minimum atomic E-state index is -3.83. The molecule has 9 heteroatoms. The van der Waals surface area contributed by atoms with Crippen molar-refractivity contribution < 1.29 is 18.3 Å². The number of rotatable bonds is 5. The van der Waals surface area contributed by atoms with Crippen LogP contribution in [0.5, 0.6) is 0 Å². The molecule has 1 atom stereocenters. The molecule has 1 heterocycles. The van der Waals surface area contributed by atoms with E-state index in [1.165, 1.54) is 35.2 Å². The number of nitrogens with zero attached hydrogens (tertiary/aromatic N) is 3. The van der Waals surface area contributed by atoms with Crippen LogP contribution in [0.1, 0.15) is 6.92 Å². The number of imidazole rings is 1. The molecule has 2 rings (SSSR count). The van der Waals surface area contributed by atoms with E-state index in [1.54, 1.807) is 20.2 Å². The summed E-state index contributed by atoms with van der Waals surface area (Å²) in [6, 6.07) is 4.41. The summed E-state index contributed by atoms with van der Waals surface area (Å²) in [6.07, 6.45) is 0. The number of carbonyl (C=O) groups is 1. The second kappa shape index (κ2) is 5.82. The smallest absolute Gasteiger partial charge is 0.328 e. The van der Waals surface area contributed by atoms with Crippen LogP contribution in [0, 0.1) is 5.92 Å². The number of aliphatic carboxylic acids is 1. The number of aromatic nitrogens is 2. The van der Waals surface area contributed by atoms with Crippen molar-refractivity contribution in [1.82, 2.24) is 13.4 Å². The van der Waals surface area contributed by atoms with Gasteiger partial charge in [-0.15, -0.1) is 0 Å². The lowest BCUT2D eigenvalue weighted by atomic mass is 10.2. The highest BCUT2D eigenvalue weighted by Crippen LogP contribution is 2.21. The van der Waals surface area contributed by atoms with Gasteiger partial charge in [0.25, 0.3) is 0 Å². The van der Waals surface area contributed by atoms with Crippen LogP contribution >= 0.6 is 0 Å². The number of aryl methyl sites for hydroxylation is 2. The zero-order valence-electron chi connectivity index (χ0n) is 13.3. The third kappa shape index (κ3) is 2.89. The summed E-state index contributed by atoms with van der Waals surface area (Å²) in [7, 11) is 0.680. The molecule has 1 unspecified atom stereocenters. The zero-order chi connectivity index (χ0) is 17.5. The topological polar surface area (TPSA) is 102 Å². The Hall–Kier alpha value is -2.13. The summed E-state index contributed by atoms with van der Waals surface area (Å²) in [4.78, 5) is 22.8. The maximum Gasteiger partial charge on any atom is 0.328 e. The summed E-state index contributed by atoms with van der Waals surface area (Å²) >= 11 is 0. The monoisotopic (exact) mass is 341 g/mol. The number of carboxylic acid groups (broad SMARTS) is 1. The van der Waals surface area contributed by atoms with Gasteiger partial charge in [-0.3, -0.25) is 13.9 Å². The van der Waals surface area contributed by atoms with Crippen LogP contribution in [0.15, 0.2) is 27.9 Å². The Labute approximate surface area is 133 Å². The van der Waals surface area contributed by atoms with Gasteiger partial charge in [0.15, 0.2) is 0 Å². The predicted molar refractivity (Wildman–Crippen MR) is 84.8 cm³/mol. The van der Waals surface area contributed by atoms with Gasteiger partial charge < -0.3 is 5.11 Å². The maximum atomic E-state index is 12.6. The van der Waals surface area contributed by atoms with Crippen molar-refractivity contribution in [2.75, 3.05) is 13.6 Å². The summed E-state index contributed by atoms with van der Waals surface area (Å²) in [5.41, 5.74) is 0.874. The lowest BCUT2D eigenvalue weighted by Crippen LogP contribution is -2.33. The van der Waals surface area contributed by atoms with Crippen LogP contribution in [0.3, 0.4) is 0 Å². The fraction of sp³-hybridized carbons (Fsp3) is 0.429. The van der Waals surface area contributed by atoms with Gasteiger partial charge in [0.2, 0.25) is 10.0 Å². The molecule has 0 aliphatic carbocycles. The van der Waals surface area contributed by atoms with Crippen molar-refractivity contribution in [2.45, 2.75) is 11.8 Å². The van der Waals surface area contributed by atoms with E-state index >= 15 is 0 Å². The normalized spacial score (nSPS) is 13.6. The maximum absolute atomic E-state index is 12.6. The zero-order valence-corrected chi connectivity index (χ0v) is 14.2. The molecule has 126 valence electrons. The van der Waals surface area contributed by atoms with Gasteiger partial charge in [-0.1, -0.05) is 6.92 Å². The molecule has 1 aromatic heterocycles. The molecule has 0 amide bonds. The number of sulfonamides is 1.